The summed E-state index contributed by atoms with van der Waals surface area (Å²) in [4.78, 5) is 24.5. The fourth-order valence-corrected chi connectivity index (χ4v) is 3.15. The molecule has 136 valence electrons. The van der Waals surface area contributed by atoms with Crippen molar-refractivity contribution in [3.63, 3.8) is 0 Å². The van der Waals surface area contributed by atoms with Crippen molar-refractivity contribution in [3.8, 4) is 11.4 Å². The van der Waals surface area contributed by atoms with Gasteiger partial charge in [-0.25, -0.2) is 0 Å². The molecular formula is C17H19N5O3S. The number of carbonyl (C=O) groups is 1. The molecule has 2 heterocycles. The Morgan fingerprint density at radius 1 is 1.31 bits per heavy atom. The number of carbonyl (C=O) groups excluding carboxylic acids is 1. The fraction of sp³-hybridized carbons (Fsp3) is 0.294. The number of hydrogen-bond donors (Lipinski definition) is 1. The molecule has 2 aromatic heterocycles. The van der Waals surface area contributed by atoms with Gasteiger partial charge in [-0.05, 0) is 26.0 Å². The first-order valence-corrected chi connectivity index (χ1v) is 9.01. The smallest absolute Gasteiger partial charge is 0.300 e. The molecule has 1 N–H and O–H groups in total. The molecule has 0 aliphatic heterocycles. The van der Waals surface area contributed by atoms with Crippen molar-refractivity contribution in [1.29, 1.82) is 0 Å². The second kappa shape index (κ2) is 7.61. The van der Waals surface area contributed by atoms with Crippen molar-refractivity contribution in [2.75, 3.05) is 12.9 Å². The van der Waals surface area contributed by atoms with Crippen molar-refractivity contribution >= 4 is 23.3 Å². The monoisotopic (exact) mass is 373 g/mol. The summed E-state index contributed by atoms with van der Waals surface area (Å²) in [5.41, 5.74) is 0.569. The average Bonchev–Trinajstić information content (AvgIpc) is 3.04. The molecule has 9 heteroatoms. The molecule has 0 atom stereocenters. The van der Waals surface area contributed by atoms with Crippen molar-refractivity contribution in [3.05, 3.63) is 47.0 Å². The average molecular weight is 373 g/mol. The van der Waals surface area contributed by atoms with E-state index in [0.29, 0.717) is 16.6 Å². The van der Waals surface area contributed by atoms with Gasteiger partial charge in [0, 0.05) is 24.5 Å². The van der Waals surface area contributed by atoms with Crippen molar-refractivity contribution in [1.82, 2.24) is 24.5 Å². The number of fused-ring (bicyclic) bond motifs is 1. The van der Waals surface area contributed by atoms with E-state index in [-0.39, 0.29) is 28.9 Å². The van der Waals surface area contributed by atoms with E-state index in [1.165, 1.54) is 16.3 Å². The summed E-state index contributed by atoms with van der Waals surface area (Å²) in [7, 11) is 1.57. The molecular weight excluding hydrogens is 354 g/mol. The summed E-state index contributed by atoms with van der Waals surface area (Å²) in [6.45, 7) is 3.80. The van der Waals surface area contributed by atoms with Crippen LogP contribution in [0.2, 0.25) is 0 Å². The van der Waals surface area contributed by atoms with Gasteiger partial charge in [-0.3, -0.25) is 18.6 Å². The number of rotatable bonds is 6. The van der Waals surface area contributed by atoms with Crippen LogP contribution in [0.15, 0.2) is 46.6 Å². The van der Waals surface area contributed by atoms with E-state index in [2.05, 4.69) is 15.5 Å². The number of hydrogen-bond acceptors (Lipinski definition) is 6. The Hall–Kier alpha value is -2.81. The van der Waals surface area contributed by atoms with Gasteiger partial charge in [0.05, 0.1) is 18.6 Å². The number of benzene rings is 1. The normalized spacial score (nSPS) is 11.1. The lowest BCUT2D eigenvalue weighted by atomic mass is 10.3. The minimum atomic E-state index is -0.299. The third-order valence-electron chi connectivity index (χ3n) is 3.55. The fourth-order valence-electron chi connectivity index (χ4n) is 2.42. The van der Waals surface area contributed by atoms with E-state index < -0.39 is 0 Å². The van der Waals surface area contributed by atoms with Crippen molar-refractivity contribution in [2.45, 2.75) is 25.0 Å². The Balaban J connectivity index is 1.89. The standard InChI is InChI=1S/C17H19N5O3S/c1-11(2)18-14(23)10-26-17-20-19-15-16(24)21(7-8-22(15)17)12-5-4-6-13(9-12)25-3/h4-9,11H,10H2,1-3H3,(H,18,23). The molecule has 0 spiro atoms. The number of amides is 1. The lowest BCUT2D eigenvalue weighted by Crippen LogP contribution is -2.31. The van der Waals surface area contributed by atoms with E-state index in [4.69, 9.17) is 4.74 Å². The molecule has 0 saturated heterocycles. The molecule has 0 fully saturated rings. The molecule has 0 aliphatic carbocycles. The van der Waals surface area contributed by atoms with Crippen LogP contribution in [0.1, 0.15) is 13.8 Å². The summed E-state index contributed by atoms with van der Waals surface area (Å²) in [5, 5.41) is 11.3. The second-order valence-electron chi connectivity index (χ2n) is 5.86. The molecule has 0 bridgehead atoms. The maximum absolute atomic E-state index is 12.7. The summed E-state index contributed by atoms with van der Waals surface area (Å²) < 4.78 is 8.27. The minimum absolute atomic E-state index is 0.0771. The highest BCUT2D eigenvalue weighted by Gasteiger charge is 2.14. The van der Waals surface area contributed by atoms with Crippen LogP contribution >= 0.6 is 11.8 Å². The SMILES string of the molecule is COc1cccc(-n2ccn3c(SCC(=O)NC(C)C)nnc3c2=O)c1. The predicted molar refractivity (Wildman–Crippen MR) is 99.1 cm³/mol. The zero-order valence-corrected chi connectivity index (χ0v) is 15.5. The highest BCUT2D eigenvalue weighted by atomic mass is 32.2. The van der Waals surface area contributed by atoms with E-state index in [9.17, 15) is 9.59 Å². The Bertz CT molecular complexity index is 995. The van der Waals surface area contributed by atoms with Gasteiger partial charge in [-0.2, -0.15) is 0 Å². The number of nitrogens with one attached hydrogen (secondary N) is 1. The van der Waals surface area contributed by atoms with Gasteiger partial charge in [0.2, 0.25) is 11.6 Å². The third kappa shape index (κ3) is 3.72. The lowest BCUT2D eigenvalue weighted by Gasteiger charge is -2.08. The molecule has 1 aromatic carbocycles. The van der Waals surface area contributed by atoms with E-state index in [1.54, 1.807) is 36.0 Å². The molecule has 0 saturated carbocycles. The van der Waals surface area contributed by atoms with Crippen LogP contribution in [0, 0.1) is 0 Å². The molecule has 26 heavy (non-hydrogen) atoms. The molecule has 3 aromatic rings. The first kappa shape index (κ1) is 18.0. The quantitative estimate of drug-likeness (QED) is 0.659. The Labute approximate surface area is 154 Å². The van der Waals surface area contributed by atoms with Crippen LogP contribution in [-0.2, 0) is 4.79 Å². The maximum Gasteiger partial charge on any atom is 0.300 e. The predicted octanol–water partition coefficient (Wildman–Crippen LogP) is 1.51. The first-order valence-electron chi connectivity index (χ1n) is 8.02. The van der Waals surface area contributed by atoms with Gasteiger partial charge in [0.1, 0.15) is 5.75 Å². The summed E-state index contributed by atoms with van der Waals surface area (Å²) in [6.07, 6.45) is 3.35. The van der Waals surface area contributed by atoms with Gasteiger partial charge < -0.3 is 10.1 Å². The number of ether oxygens (including phenoxy) is 1. The van der Waals surface area contributed by atoms with E-state index in [1.807, 2.05) is 26.0 Å². The molecule has 0 aliphatic rings. The lowest BCUT2D eigenvalue weighted by molar-refractivity contribution is -0.119. The van der Waals surface area contributed by atoms with Crippen LogP contribution in [0.5, 0.6) is 5.75 Å². The topological polar surface area (TPSA) is 90.5 Å². The van der Waals surface area contributed by atoms with Gasteiger partial charge in [0.25, 0.3) is 0 Å². The van der Waals surface area contributed by atoms with Gasteiger partial charge in [0.15, 0.2) is 5.16 Å². The van der Waals surface area contributed by atoms with Crippen molar-refractivity contribution in [2.24, 2.45) is 0 Å². The third-order valence-corrected chi connectivity index (χ3v) is 4.50. The minimum Gasteiger partial charge on any atom is -0.497 e. The van der Waals surface area contributed by atoms with Crippen LogP contribution in [-0.4, -0.2) is 44.0 Å². The van der Waals surface area contributed by atoms with Crippen LogP contribution < -0.4 is 15.6 Å². The largest absolute Gasteiger partial charge is 0.497 e. The van der Waals surface area contributed by atoms with Gasteiger partial charge in [-0.1, -0.05) is 17.8 Å². The van der Waals surface area contributed by atoms with Crippen molar-refractivity contribution < 1.29 is 9.53 Å². The van der Waals surface area contributed by atoms with Gasteiger partial charge >= 0.3 is 5.56 Å². The van der Waals surface area contributed by atoms with Crippen LogP contribution in [0.25, 0.3) is 11.3 Å². The summed E-state index contributed by atoms with van der Waals surface area (Å²) in [5.74, 6) is 0.771. The highest BCUT2D eigenvalue weighted by molar-refractivity contribution is 7.99. The summed E-state index contributed by atoms with van der Waals surface area (Å²) >= 11 is 1.23. The van der Waals surface area contributed by atoms with E-state index in [0.717, 1.165) is 0 Å². The number of methoxy groups -OCH3 is 1. The maximum atomic E-state index is 12.7. The molecule has 1 amide bonds. The Morgan fingerprint density at radius 3 is 2.85 bits per heavy atom. The number of nitrogens with zero attached hydrogens (tertiary/aromatic N) is 4. The molecule has 0 unspecified atom stereocenters. The summed E-state index contributed by atoms with van der Waals surface area (Å²) in [6, 6.07) is 7.26. The Kier molecular flexibility index (Phi) is 5.27. The van der Waals surface area contributed by atoms with Crippen LogP contribution in [0.3, 0.4) is 0 Å². The zero-order chi connectivity index (χ0) is 18.7. The van der Waals surface area contributed by atoms with E-state index >= 15 is 0 Å². The first-order chi connectivity index (χ1) is 12.5. The molecule has 8 nitrogen and oxygen atoms in total. The number of thioether (sulfide) groups is 1. The molecule has 3 rings (SSSR count). The highest BCUT2D eigenvalue weighted by Crippen LogP contribution is 2.17. The zero-order valence-electron chi connectivity index (χ0n) is 14.7. The number of aromatic nitrogens is 4. The van der Waals surface area contributed by atoms with Crippen LogP contribution in [0.4, 0.5) is 0 Å². The van der Waals surface area contributed by atoms with Gasteiger partial charge in [-0.15, -0.1) is 10.2 Å². The Morgan fingerprint density at radius 2 is 2.12 bits per heavy atom. The molecule has 0 radical (unpaired) electrons. The second-order valence-corrected chi connectivity index (χ2v) is 6.80.